The van der Waals surface area contributed by atoms with Crippen LogP contribution in [0.1, 0.15) is 35.8 Å². The van der Waals surface area contributed by atoms with E-state index in [1.807, 2.05) is 24.3 Å². The summed E-state index contributed by atoms with van der Waals surface area (Å²) in [4.78, 5) is 26.6. The Balaban J connectivity index is 2.13. The highest BCUT2D eigenvalue weighted by Crippen LogP contribution is 2.26. The second kappa shape index (κ2) is 8.78. The molecule has 0 spiro atoms. The molecule has 0 bridgehead atoms. The number of likely N-dealkylation sites (N-methyl/N-ethyl adjacent to an activating group) is 1. The second-order valence-corrected chi connectivity index (χ2v) is 6.11. The summed E-state index contributed by atoms with van der Waals surface area (Å²) in [7, 11) is 1.70. The van der Waals surface area contributed by atoms with Gasteiger partial charge in [0.05, 0.1) is 17.8 Å². The molecule has 1 N–H and O–H groups in total. The summed E-state index contributed by atoms with van der Waals surface area (Å²) < 4.78 is 1.49. The molecule has 1 heterocycles. The summed E-state index contributed by atoms with van der Waals surface area (Å²) in [6, 6.07) is 7.46. The minimum Gasteiger partial charge on any atom is -0.347 e. The standard InChI is InChI=1S/C18H23ClN4O2/c1-4-23(5-2)16(14-8-6-7-9-15(14)19)11-20-18(25)17(24)13-10-21-22(3)12-13/h6-10,12,16H,4-5,11H2,1-3H3,(H,20,25)/t16-/m1/s1. The van der Waals surface area contributed by atoms with Gasteiger partial charge in [-0.05, 0) is 24.7 Å². The highest BCUT2D eigenvalue weighted by Gasteiger charge is 2.23. The van der Waals surface area contributed by atoms with Crippen LogP contribution < -0.4 is 5.32 Å². The summed E-state index contributed by atoms with van der Waals surface area (Å²) in [5, 5.41) is 7.30. The van der Waals surface area contributed by atoms with Crippen molar-refractivity contribution in [2.45, 2.75) is 19.9 Å². The zero-order valence-corrected chi connectivity index (χ0v) is 15.5. The van der Waals surface area contributed by atoms with Gasteiger partial charge in [-0.25, -0.2) is 0 Å². The topological polar surface area (TPSA) is 67.2 Å². The summed E-state index contributed by atoms with van der Waals surface area (Å²) in [6.07, 6.45) is 2.91. The van der Waals surface area contributed by atoms with Crippen molar-refractivity contribution in [3.63, 3.8) is 0 Å². The highest BCUT2D eigenvalue weighted by atomic mass is 35.5. The largest absolute Gasteiger partial charge is 0.347 e. The lowest BCUT2D eigenvalue weighted by atomic mass is 10.0. The Labute approximate surface area is 152 Å². The fourth-order valence-corrected chi connectivity index (χ4v) is 3.05. The third-order valence-corrected chi connectivity index (χ3v) is 4.49. The van der Waals surface area contributed by atoms with E-state index in [-0.39, 0.29) is 11.6 Å². The minimum absolute atomic E-state index is 0.102. The molecule has 1 amide bonds. The molecule has 134 valence electrons. The summed E-state index contributed by atoms with van der Waals surface area (Å²) in [5.74, 6) is -1.23. The summed E-state index contributed by atoms with van der Waals surface area (Å²) in [5.41, 5.74) is 1.21. The van der Waals surface area contributed by atoms with E-state index in [0.717, 1.165) is 18.7 Å². The summed E-state index contributed by atoms with van der Waals surface area (Å²) >= 11 is 6.34. The molecular weight excluding hydrogens is 340 g/mol. The van der Waals surface area contributed by atoms with Gasteiger partial charge in [0.25, 0.3) is 11.7 Å². The van der Waals surface area contributed by atoms with E-state index in [1.54, 1.807) is 7.05 Å². The molecule has 0 aliphatic rings. The Kier molecular flexibility index (Phi) is 6.73. The van der Waals surface area contributed by atoms with E-state index < -0.39 is 11.7 Å². The van der Waals surface area contributed by atoms with Crippen molar-refractivity contribution >= 4 is 23.3 Å². The Hall–Kier alpha value is -2.18. The van der Waals surface area contributed by atoms with Gasteiger partial charge in [-0.15, -0.1) is 0 Å². The van der Waals surface area contributed by atoms with E-state index in [1.165, 1.54) is 17.1 Å². The molecule has 25 heavy (non-hydrogen) atoms. The van der Waals surface area contributed by atoms with Gasteiger partial charge in [0.2, 0.25) is 0 Å². The molecule has 1 atom stereocenters. The maximum absolute atomic E-state index is 12.2. The van der Waals surface area contributed by atoms with Crippen LogP contribution in [0, 0.1) is 0 Å². The molecule has 1 aromatic carbocycles. The van der Waals surface area contributed by atoms with Gasteiger partial charge in [-0.2, -0.15) is 5.10 Å². The zero-order valence-electron chi connectivity index (χ0n) is 14.7. The molecule has 7 heteroatoms. The fourth-order valence-electron chi connectivity index (χ4n) is 2.78. The number of aryl methyl sites for hydroxylation is 1. The monoisotopic (exact) mass is 362 g/mol. The number of amides is 1. The van der Waals surface area contributed by atoms with Gasteiger partial charge in [-0.1, -0.05) is 43.6 Å². The molecule has 0 aliphatic heterocycles. The number of carbonyl (C=O) groups is 2. The first-order chi connectivity index (χ1) is 12.0. The number of hydrogen-bond acceptors (Lipinski definition) is 4. The van der Waals surface area contributed by atoms with Gasteiger partial charge >= 0.3 is 0 Å². The number of Topliss-reactive ketones (excluding diaryl/α,β-unsaturated/α-hetero) is 1. The predicted octanol–water partition coefficient (Wildman–Crippen LogP) is 2.46. The molecule has 0 saturated carbocycles. The first-order valence-electron chi connectivity index (χ1n) is 8.27. The normalized spacial score (nSPS) is 12.2. The minimum atomic E-state index is -0.641. The molecule has 0 fully saturated rings. The highest BCUT2D eigenvalue weighted by molar-refractivity contribution is 6.42. The average Bonchev–Trinajstić information content (AvgIpc) is 3.05. The van der Waals surface area contributed by atoms with Crippen LogP contribution in [0.5, 0.6) is 0 Å². The molecule has 0 radical (unpaired) electrons. The van der Waals surface area contributed by atoms with Crippen LogP contribution in [0.25, 0.3) is 0 Å². The number of halogens is 1. The lowest BCUT2D eigenvalue weighted by Gasteiger charge is -2.30. The van der Waals surface area contributed by atoms with Crippen molar-refractivity contribution in [1.82, 2.24) is 20.0 Å². The van der Waals surface area contributed by atoms with Crippen LogP contribution in [0.3, 0.4) is 0 Å². The number of hydrogen-bond donors (Lipinski definition) is 1. The number of ketones is 1. The molecule has 2 aromatic rings. The quantitative estimate of drug-likeness (QED) is 0.578. The van der Waals surface area contributed by atoms with Crippen molar-refractivity contribution < 1.29 is 9.59 Å². The predicted molar refractivity (Wildman–Crippen MR) is 97.7 cm³/mol. The number of benzene rings is 1. The lowest BCUT2D eigenvalue weighted by molar-refractivity contribution is -0.117. The Morgan fingerprint density at radius 2 is 1.96 bits per heavy atom. The van der Waals surface area contributed by atoms with Crippen molar-refractivity contribution in [3.05, 3.63) is 52.8 Å². The Bertz CT molecular complexity index is 740. The van der Waals surface area contributed by atoms with E-state index >= 15 is 0 Å². The van der Waals surface area contributed by atoms with Crippen molar-refractivity contribution in [2.24, 2.45) is 7.05 Å². The molecular formula is C18H23ClN4O2. The van der Waals surface area contributed by atoms with Gasteiger partial charge in [-0.3, -0.25) is 19.2 Å². The third kappa shape index (κ3) is 4.67. The molecule has 2 rings (SSSR count). The molecule has 0 unspecified atom stereocenters. The number of nitrogens with one attached hydrogen (secondary N) is 1. The van der Waals surface area contributed by atoms with Gasteiger partial charge in [0.15, 0.2) is 0 Å². The third-order valence-electron chi connectivity index (χ3n) is 4.15. The van der Waals surface area contributed by atoms with Crippen LogP contribution in [0.4, 0.5) is 0 Å². The van der Waals surface area contributed by atoms with Crippen LogP contribution in [-0.2, 0) is 11.8 Å². The number of nitrogens with zero attached hydrogens (tertiary/aromatic N) is 3. The molecule has 0 saturated heterocycles. The SMILES string of the molecule is CCN(CC)[C@H](CNC(=O)C(=O)c1cnn(C)c1)c1ccccc1Cl. The van der Waals surface area contributed by atoms with Crippen molar-refractivity contribution in [2.75, 3.05) is 19.6 Å². The zero-order chi connectivity index (χ0) is 18.4. The van der Waals surface area contributed by atoms with Crippen molar-refractivity contribution in [3.8, 4) is 0 Å². The Morgan fingerprint density at radius 3 is 2.52 bits per heavy atom. The molecule has 0 aliphatic carbocycles. The summed E-state index contributed by atoms with van der Waals surface area (Å²) in [6.45, 7) is 6.01. The lowest BCUT2D eigenvalue weighted by Crippen LogP contribution is -2.40. The van der Waals surface area contributed by atoms with E-state index in [0.29, 0.717) is 11.6 Å². The first-order valence-corrected chi connectivity index (χ1v) is 8.65. The van der Waals surface area contributed by atoms with Gasteiger partial charge in [0.1, 0.15) is 0 Å². The number of carbonyl (C=O) groups excluding carboxylic acids is 2. The fraction of sp³-hybridized carbons (Fsp3) is 0.389. The van der Waals surface area contributed by atoms with Crippen molar-refractivity contribution in [1.29, 1.82) is 0 Å². The Morgan fingerprint density at radius 1 is 1.28 bits per heavy atom. The average molecular weight is 363 g/mol. The maximum Gasteiger partial charge on any atom is 0.292 e. The maximum atomic E-state index is 12.2. The van der Waals surface area contributed by atoms with Crippen LogP contribution >= 0.6 is 11.6 Å². The second-order valence-electron chi connectivity index (χ2n) is 5.70. The number of rotatable bonds is 8. The molecule has 6 nitrogen and oxygen atoms in total. The molecule has 1 aromatic heterocycles. The van der Waals surface area contributed by atoms with Crippen LogP contribution in [0.2, 0.25) is 5.02 Å². The van der Waals surface area contributed by atoms with Gasteiger partial charge < -0.3 is 5.32 Å². The van der Waals surface area contributed by atoms with E-state index in [2.05, 4.69) is 29.2 Å². The number of aromatic nitrogens is 2. The smallest absolute Gasteiger partial charge is 0.292 e. The van der Waals surface area contributed by atoms with E-state index in [9.17, 15) is 9.59 Å². The first kappa shape index (κ1) is 19.1. The van der Waals surface area contributed by atoms with Crippen LogP contribution in [0.15, 0.2) is 36.7 Å². The van der Waals surface area contributed by atoms with E-state index in [4.69, 9.17) is 11.6 Å². The van der Waals surface area contributed by atoms with Crippen LogP contribution in [-0.4, -0.2) is 46.0 Å². The van der Waals surface area contributed by atoms with Gasteiger partial charge in [0, 0.05) is 24.8 Å².